The lowest BCUT2D eigenvalue weighted by Crippen LogP contribution is -2.15. The zero-order valence-corrected chi connectivity index (χ0v) is 11.0. The van der Waals surface area contributed by atoms with Gasteiger partial charge in [0.2, 0.25) is 0 Å². The number of alkyl halides is 2. The van der Waals surface area contributed by atoms with E-state index in [4.69, 9.17) is 0 Å². The summed E-state index contributed by atoms with van der Waals surface area (Å²) in [6.45, 7) is 2.68. The minimum Gasteiger partial charge on any atom is -0.433 e. The molecule has 3 nitrogen and oxygen atoms in total. The Balaban J connectivity index is 2.76. The Hall–Kier alpha value is -1.91. The molecule has 102 valence electrons. The molecule has 1 aromatic carbocycles. The molecule has 2 rings (SSSR count). The van der Waals surface area contributed by atoms with Crippen LogP contribution in [0.3, 0.4) is 0 Å². The van der Waals surface area contributed by atoms with Crippen molar-refractivity contribution in [2.45, 2.75) is 33.3 Å². The zero-order valence-electron chi connectivity index (χ0n) is 11.0. The smallest absolute Gasteiger partial charge is 0.387 e. The van der Waals surface area contributed by atoms with E-state index in [1.54, 1.807) is 13.0 Å². The number of ether oxygens (including phenoxy) is 1. The number of aromatic amines is 1. The average molecular weight is 267 g/mol. The lowest BCUT2D eigenvalue weighted by atomic mass is 9.99. The molecule has 1 heterocycles. The highest BCUT2D eigenvalue weighted by Gasteiger charge is 2.16. The summed E-state index contributed by atoms with van der Waals surface area (Å²) in [5.74, 6) is 0.0517. The Kier molecular flexibility index (Phi) is 3.55. The molecule has 0 radical (unpaired) electrons. The molecular formula is C14H15F2NO2. The Labute approximate surface area is 109 Å². The van der Waals surface area contributed by atoms with Gasteiger partial charge in [0.05, 0.1) is 5.52 Å². The van der Waals surface area contributed by atoms with Gasteiger partial charge in [-0.05, 0) is 25.0 Å². The number of hydrogen-bond acceptors (Lipinski definition) is 2. The van der Waals surface area contributed by atoms with Crippen LogP contribution in [0.4, 0.5) is 8.78 Å². The Morgan fingerprint density at radius 2 is 1.95 bits per heavy atom. The Morgan fingerprint density at radius 3 is 2.53 bits per heavy atom. The first-order valence-corrected chi connectivity index (χ1v) is 6.02. The summed E-state index contributed by atoms with van der Waals surface area (Å²) in [7, 11) is 0. The van der Waals surface area contributed by atoms with Gasteiger partial charge >= 0.3 is 6.61 Å². The van der Waals surface area contributed by atoms with Crippen molar-refractivity contribution in [1.82, 2.24) is 4.98 Å². The minimum absolute atomic E-state index is 0.0111. The lowest BCUT2D eigenvalue weighted by molar-refractivity contribution is -0.0489. The predicted molar refractivity (Wildman–Crippen MR) is 70.0 cm³/mol. The number of aryl methyl sites for hydroxylation is 1. The monoisotopic (exact) mass is 267 g/mol. The number of hydrogen-bond donors (Lipinski definition) is 1. The highest BCUT2D eigenvalue weighted by atomic mass is 19.3. The summed E-state index contributed by atoms with van der Waals surface area (Å²) >= 11 is 0. The molecule has 19 heavy (non-hydrogen) atoms. The third kappa shape index (κ3) is 2.45. The first-order chi connectivity index (χ1) is 8.91. The molecule has 1 N–H and O–H groups in total. The zero-order chi connectivity index (χ0) is 14.2. The highest BCUT2D eigenvalue weighted by Crippen LogP contribution is 2.26. The van der Waals surface area contributed by atoms with E-state index in [-0.39, 0.29) is 17.1 Å². The van der Waals surface area contributed by atoms with E-state index in [0.717, 1.165) is 0 Å². The van der Waals surface area contributed by atoms with Crippen molar-refractivity contribution in [2.24, 2.45) is 0 Å². The summed E-state index contributed by atoms with van der Waals surface area (Å²) in [6.07, 6.45) is 0. The van der Waals surface area contributed by atoms with Gasteiger partial charge in [0.25, 0.3) is 0 Å². The van der Waals surface area contributed by atoms with Crippen molar-refractivity contribution >= 4 is 10.9 Å². The van der Waals surface area contributed by atoms with Crippen LogP contribution in [0.2, 0.25) is 0 Å². The molecule has 5 heteroatoms. The standard InChI is InChI=1S/C14H15F2NO2/c1-7(2)11-8(3)17-12-9(13(11)18)5-4-6-10(12)19-14(15)16/h4-7,14H,1-3H3,(H,17,18). The number of aromatic nitrogens is 1. The SMILES string of the molecule is Cc1[nH]c2c(OC(F)F)cccc2c(=O)c1C(C)C. The fourth-order valence-corrected chi connectivity index (χ4v) is 2.31. The number of fused-ring (bicyclic) bond motifs is 1. The summed E-state index contributed by atoms with van der Waals surface area (Å²) in [4.78, 5) is 15.4. The van der Waals surface area contributed by atoms with E-state index in [2.05, 4.69) is 9.72 Å². The number of halogens is 2. The van der Waals surface area contributed by atoms with Gasteiger partial charge in [-0.2, -0.15) is 8.78 Å². The topological polar surface area (TPSA) is 42.1 Å². The second-order valence-electron chi connectivity index (χ2n) is 4.70. The molecule has 0 saturated carbocycles. The number of H-pyrrole nitrogens is 1. The van der Waals surface area contributed by atoms with Gasteiger partial charge < -0.3 is 9.72 Å². The molecule has 0 aliphatic rings. The van der Waals surface area contributed by atoms with Gasteiger partial charge in [-0.15, -0.1) is 0 Å². The Bertz CT molecular complexity index is 662. The molecule has 1 aromatic heterocycles. The van der Waals surface area contributed by atoms with Crippen molar-refractivity contribution in [2.75, 3.05) is 0 Å². The lowest BCUT2D eigenvalue weighted by Gasteiger charge is -2.13. The maximum Gasteiger partial charge on any atom is 0.387 e. The molecule has 0 spiro atoms. The van der Waals surface area contributed by atoms with Crippen molar-refractivity contribution < 1.29 is 13.5 Å². The van der Waals surface area contributed by atoms with E-state index in [1.807, 2.05) is 13.8 Å². The van der Waals surface area contributed by atoms with Gasteiger partial charge in [0, 0.05) is 16.6 Å². The van der Waals surface area contributed by atoms with Gasteiger partial charge in [0.15, 0.2) is 5.43 Å². The van der Waals surface area contributed by atoms with Crippen LogP contribution in [0.1, 0.15) is 31.0 Å². The van der Waals surface area contributed by atoms with Crippen LogP contribution in [0, 0.1) is 6.92 Å². The van der Waals surface area contributed by atoms with Gasteiger partial charge in [-0.1, -0.05) is 19.9 Å². The second-order valence-corrected chi connectivity index (χ2v) is 4.70. The molecule has 0 fully saturated rings. The van der Waals surface area contributed by atoms with Gasteiger partial charge in [-0.25, -0.2) is 0 Å². The molecular weight excluding hydrogens is 252 g/mol. The summed E-state index contributed by atoms with van der Waals surface area (Å²) in [5.41, 5.74) is 1.52. The van der Waals surface area contributed by atoms with Crippen LogP contribution in [-0.4, -0.2) is 11.6 Å². The van der Waals surface area contributed by atoms with E-state index in [1.165, 1.54) is 12.1 Å². The molecule has 0 saturated heterocycles. The minimum atomic E-state index is -2.92. The molecule has 0 amide bonds. The third-order valence-corrected chi connectivity index (χ3v) is 3.03. The number of pyridine rings is 1. The van der Waals surface area contributed by atoms with Crippen molar-refractivity contribution in [3.8, 4) is 5.75 Å². The molecule has 0 aliphatic carbocycles. The van der Waals surface area contributed by atoms with E-state index in [0.29, 0.717) is 22.2 Å². The quantitative estimate of drug-likeness (QED) is 0.923. The maximum atomic E-state index is 12.4. The van der Waals surface area contributed by atoms with Gasteiger partial charge in [0.1, 0.15) is 5.75 Å². The highest BCUT2D eigenvalue weighted by molar-refractivity contribution is 5.85. The number of nitrogens with one attached hydrogen (secondary N) is 1. The van der Waals surface area contributed by atoms with E-state index >= 15 is 0 Å². The summed E-state index contributed by atoms with van der Waals surface area (Å²) < 4.78 is 29.1. The Morgan fingerprint density at radius 1 is 1.26 bits per heavy atom. The van der Waals surface area contributed by atoms with Crippen LogP contribution < -0.4 is 10.2 Å². The summed E-state index contributed by atoms with van der Waals surface area (Å²) in [5, 5.41) is 0.368. The molecule has 0 aliphatic heterocycles. The van der Waals surface area contributed by atoms with E-state index < -0.39 is 6.61 Å². The van der Waals surface area contributed by atoms with Crippen molar-refractivity contribution in [3.05, 3.63) is 39.7 Å². The van der Waals surface area contributed by atoms with Crippen LogP contribution >= 0.6 is 0 Å². The third-order valence-electron chi connectivity index (χ3n) is 3.03. The second kappa shape index (κ2) is 4.99. The number of para-hydroxylation sites is 1. The van der Waals surface area contributed by atoms with Crippen molar-refractivity contribution in [3.63, 3.8) is 0 Å². The van der Waals surface area contributed by atoms with Crippen LogP contribution in [0.25, 0.3) is 10.9 Å². The largest absolute Gasteiger partial charge is 0.433 e. The predicted octanol–water partition coefficient (Wildman–Crippen LogP) is 3.56. The average Bonchev–Trinajstić information content (AvgIpc) is 2.29. The van der Waals surface area contributed by atoms with E-state index in [9.17, 15) is 13.6 Å². The van der Waals surface area contributed by atoms with Crippen LogP contribution in [-0.2, 0) is 0 Å². The maximum absolute atomic E-state index is 12.4. The first-order valence-electron chi connectivity index (χ1n) is 6.02. The van der Waals surface area contributed by atoms with Gasteiger partial charge in [-0.3, -0.25) is 4.79 Å². The molecule has 0 atom stereocenters. The van der Waals surface area contributed by atoms with Crippen LogP contribution in [0.15, 0.2) is 23.0 Å². The number of rotatable bonds is 3. The summed E-state index contributed by atoms with van der Waals surface area (Å²) in [6, 6.07) is 4.56. The normalized spacial score (nSPS) is 11.5. The molecule has 0 bridgehead atoms. The fourth-order valence-electron chi connectivity index (χ4n) is 2.31. The molecule has 0 unspecified atom stereocenters. The molecule has 2 aromatic rings. The fraction of sp³-hybridized carbons (Fsp3) is 0.357. The van der Waals surface area contributed by atoms with Crippen molar-refractivity contribution in [1.29, 1.82) is 0 Å². The first kappa shape index (κ1) is 13.5. The van der Waals surface area contributed by atoms with Crippen LogP contribution in [0.5, 0.6) is 5.75 Å². The number of benzene rings is 1.